The molecule has 0 amide bonds. The van der Waals surface area contributed by atoms with Gasteiger partial charge in [0, 0.05) is 25.2 Å². The number of nitrogens with one attached hydrogen (secondary N) is 1. The molecule has 5 nitrogen and oxygen atoms in total. The van der Waals surface area contributed by atoms with E-state index in [0.717, 1.165) is 18.2 Å². The largest absolute Gasteiger partial charge is 0.511 e. The van der Waals surface area contributed by atoms with Gasteiger partial charge in [0.15, 0.2) is 0 Å². The predicted molar refractivity (Wildman–Crippen MR) is 90.5 cm³/mol. The zero-order valence-electron chi connectivity index (χ0n) is 14.7. The molecule has 1 aromatic carbocycles. The van der Waals surface area contributed by atoms with Crippen LogP contribution < -0.4 is 10.5 Å². The van der Waals surface area contributed by atoms with Crippen LogP contribution in [0.1, 0.15) is 18.4 Å². The molecule has 2 unspecified atom stereocenters. The Labute approximate surface area is 158 Å². The topological polar surface area (TPSA) is 75.4 Å². The molecular formula is C16H21F6N3O2S. The normalized spacial score (nSPS) is 21.0. The number of nitrogens with two attached hydrogens (primary N) is 1. The van der Waals surface area contributed by atoms with E-state index < -0.39 is 52.0 Å². The molecular weight excluding hydrogens is 412 g/mol. The molecule has 12 heteroatoms. The van der Waals surface area contributed by atoms with Gasteiger partial charge < -0.3 is 5.73 Å². The predicted octanol–water partition coefficient (Wildman–Crippen LogP) is 2.08. The molecule has 1 fully saturated rings. The average molecular weight is 433 g/mol. The number of hydrogen-bond acceptors (Lipinski definition) is 4. The third kappa shape index (κ3) is 5.82. The van der Waals surface area contributed by atoms with E-state index >= 15 is 0 Å². The van der Waals surface area contributed by atoms with Crippen LogP contribution >= 0.6 is 0 Å². The van der Waals surface area contributed by atoms with E-state index in [1.54, 1.807) is 0 Å². The van der Waals surface area contributed by atoms with E-state index in [1.807, 2.05) is 0 Å². The summed E-state index contributed by atoms with van der Waals surface area (Å²) in [5.74, 6) is -1.40. The summed E-state index contributed by atoms with van der Waals surface area (Å²) >= 11 is 0. The highest BCUT2D eigenvalue weighted by atomic mass is 32.2. The van der Waals surface area contributed by atoms with Crippen molar-refractivity contribution in [3.63, 3.8) is 0 Å². The van der Waals surface area contributed by atoms with E-state index in [4.69, 9.17) is 5.73 Å². The van der Waals surface area contributed by atoms with Gasteiger partial charge in [-0.15, -0.1) is 0 Å². The minimum atomic E-state index is -5.48. The van der Waals surface area contributed by atoms with Crippen molar-refractivity contribution in [2.45, 2.75) is 43.0 Å². The third-order valence-corrected chi connectivity index (χ3v) is 5.81. The van der Waals surface area contributed by atoms with Crippen LogP contribution in [0.3, 0.4) is 0 Å². The zero-order chi connectivity index (χ0) is 21.1. The monoisotopic (exact) mass is 433 g/mol. The molecule has 0 aromatic heterocycles. The lowest BCUT2D eigenvalue weighted by Crippen LogP contribution is -2.48. The second-order valence-electron chi connectivity index (χ2n) is 6.71. The van der Waals surface area contributed by atoms with Gasteiger partial charge in [0.05, 0.1) is 0 Å². The van der Waals surface area contributed by atoms with Crippen molar-refractivity contribution in [3.8, 4) is 0 Å². The maximum atomic E-state index is 14.5. The minimum absolute atomic E-state index is 0.0777. The molecule has 1 heterocycles. The van der Waals surface area contributed by atoms with Crippen LogP contribution in [0.15, 0.2) is 18.2 Å². The number of likely N-dealkylation sites (tertiary alicyclic amines) is 1. The summed E-state index contributed by atoms with van der Waals surface area (Å²) in [5, 5.41) is 0. The number of sulfonamides is 1. The van der Waals surface area contributed by atoms with Gasteiger partial charge in [-0.1, -0.05) is 0 Å². The first-order valence-corrected chi connectivity index (χ1v) is 10.0. The standard InChI is InChI=1S/C16H21F6N3O2S/c17-11-3-4-13(18)10(6-11)7-15(23)14(19)9-25-5-1-2-12(25)8-24-28(26,27)16(20,21)22/h3-4,6,12,14-15,24H,1-2,5,7-9,23H2/t12?,14?,15-/m1/s1. The molecule has 0 spiro atoms. The fraction of sp³-hybridized carbons (Fsp3) is 0.625. The van der Waals surface area contributed by atoms with Crippen LogP contribution in [0.5, 0.6) is 0 Å². The molecule has 160 valence electrons. The Morgan fingerprint density at radius 2 is 1.96 bits per heavy atom. The van der Waals surface area contributed by atoms with Crippen molar-refractivity contribution in [2.75, 3.05) is 19.6 Å². The van der Waals surface area contributed by atoms with Crippen molar-refractivity contribution in [1.82, 2.24) is 9.62 Å². The summed E-state index contributed by atoms with van der Waals surface area (Å²) in [6.07, 6.45) is -0.980. The lowest BCUT2D eigenvalue weighted by atomic mass is 10.0. The number of hydrogen-bond donors (Lipinski definition) is 2. The first-order chi connectivity index (χ1) is 12.9. The van der Waals surface area contributed by atoms with Gasteiger partial charge in [-0.05, 0) is 49.6 Å². The summed E-state index contributed by atoms with van der Waals surface area (Å²) in [4.78, 5) is 1.51. The molecule has 1 aliphatic heterocycles. The molecule has 2 rings (SSSR count). The van der Waals surface area contributed by atoms with Crippen LogP contribution in [-0.2, 0) is 16.4 Å². The van der Waals surface area contributed by atoms with Gasteiger partial charge in [-0.3, -0.25) is 4.90 Å². The molecule has 0 aliphatic carbocycles. The summed E-state index contributed by atoms with van der Waals surface area (Å²) < 4.78 is 102. The Balaban J connectivity index is 1.93. The van der Waals surface area contributed by atoms with E-state index in [0.29, 0.717) is 19.4 Å². The van der Waals surface area contributed by atoms with Gasteiger partial charge in [0.1, 0.15) is 17.8 Å². The molecule has 3 atom stereocenters. The molecule has 0 bridgehead atoms. The van der Waals surface area contributed by atoms with Crippen LogP contribution in [0.25, 0.3) is 0 Å². The molecule has 1 aromatic rings. The lowest BCUT2D eigenvalue weighted by Gasteiger charge is -2.28. The second-order valence-corrected chi connectivity index (χ2v) is 8.47. The summed E-state index contributed by atoms with van der Waals surface area (Å²) in [6, 6.07) is 0.979. The molecule has 28 heavy (non-hydrogen) atoms. The molecule has 0 saturated carbocycles. The first-order valence-electron chi connectivity index (χ1n) is 8.54. The maximum Gasteiger partial charge on any atom is 0.511 e. The van der Waals surface area contributed by atoms with Crippen molar-refractivity contribution in [1.29, 1.82) is 0 Å². The Morgan fingerprint density at radius 3 is 2.61 bits per heavy atom. The molecule has 3 N–H and O–H groups in total. The first kappa shape index (κ1) is 22.9. The van der Waals surface area contributed by atoms with E-state index in [9.17, 15) is 34.8 Å². The van der Waals surface area contributed by atoms with E-state index in [1.165, 1.54) is 9.62 Å². The van der Waals surface area contributed by atoms with Crippen molar-refractivity contribution >= 4 is 10.0 Å². The van der Waals surface area contributed by atoms with Crippen LogP contribution in [0.4, 0.5) is 26.3 Å². The van der Waals surface area contributed by atoms with Gasteiger partial charge >= 0.3 is 15.5 Å². The van der Waals surface area contributed by atoms with Crippen LogP contribution in [-0.4, -0.2) is 56.7 Å². The highest BCUT2D eigenvalue weighted by Crippen LogP contribution is 2.23. The number of alkyl halides is 4. The summed E-state index contributed by atoms with van der Waals surface area (Å²) in [7, 11) is -5.48. The quantitative estimate of drug-likeness (QED) is 0.616. The van der Waals surface area contributed by atoms with Crippen molar-refractivity contribution in [2.24, 2.45) is 5.73 Å². The second kappa shape index (κ2) is 8.97. The molecule has 1 saturated heterocycles. The summed E-state index contributed by atoms with van der Waals surface area (Å²) in [6.45, 7) is -0.404. The Kier molecular flexibility index (Phi) is 7.34. The van der Waals surface area contributed by atoms with Crippen LogP contribution in [0.2, 0.25) is 0 Å². The molecule has 1 aliphatic rings. The third-order valence-electron chi connectivity index (χ3n) is 4.65. The van der Waals surface area contributed by atoms with Gasteiger partial charge in [-0.2, -0.15) is 13.2 Å². The summed E-state index contributed by atoms with van der Waals surface area (Å²) in [5.41, 5.74) is 0.243. The minimum Gasteiger partial charge on any atom is -0.325 e. The van der Waals surface area contributed by atoms with Crippen molar-refractivity contribution < 1.29 is 34.8 Å². The number of benzene rings is 1. The number of halogens is 6. The highest BCUT2D eigenvalue weighted by molar-refractivity contribution is 7.90. The van der Waals surface area contributed by atoms with Gasteiger partial charge in [-0.25, -0.2) is 26.3 Å². The Morgan fingerprint density at radius 1 is 1.29 bits per heavy atom. The fourth-order valence-electron chi connectivity index (χ4n) is 3.10. The number of nitrogens with zero attached hydrogens (tertiary/aromatic N) is 1. The highest BCUT2D eigenvalue weighted by Gasteiger charge is 2.46. The van der Waals surface area contributed by atoms with Crippen molar-refractivity contribution in [3.05, 3.63) is 35.4 Å². The average Bonchev–Trinajstić information content (AvgIpc) is 3.02. The SMILES string of the molecule is N[C@H](Cc1cc(F)ccc1F)C(F)CN1CCCC1CNS(=O)(=O)C(F)(F)F. The maximum absolute atomic E-state index is 14.5. The van der Waals surface area contributed by atoms with E-state index in [2.05, 4.69) is 0 Å². The fourth-order valence-corrected chi connectivity index (χ4v) is 3.67. The number of rotatable bonds is 8. The lowest BCUT2D eigenvalue weighted by molar-refractivity contribution is -0.0449. The Hall–Kier alpha value is -1.37. The van der Waals surface area contributed by atoms with Crippen LogP contribution in [0, 0.1) is 11.6 Å². The molecule has 0 radical (unpaired) electrons. The van der Waals surface area contributed by atoms with E-state index in [-0.39, 0.29) is 18.5 Å². The van der Waals surface area contributed by atoms with Gasteiger partial charge in [0.25, 0.3) is 0 Å². The van der Waals surface area contributed by atoms with Gasteiger partial charge in [0.2, 0.25) is 0 Å². The zero-order valence-corrected chi connectivity index (χ0v) is 15.5. The smallest absolute Gasteiger partial charge is 0.325 e. The Bertz CT molecular complexity index is 774.